The van der Waals surface area contributed by atoms with Gasteiger partial charge in [0.2, 0.25) is 5.82 Å². The van der Waals surface area contributed by atoms with Gasteiger partial charge in [-0.05, 0) is 42.9 Å². The molecule has 5 rings (SSSR count). The number of fused-ring (bicyclic) bond motifs is 5. The highest BCUT2D eigenvalue weighted by Gasteiger charge is 2.24. The van der Waals surface area contributed by atoms with Gasteiger partial charge in [0, 0.05) is 11.1 Å². The van der Waals surface area contributed by atoms with Crippen LogP contribution in [0.2, 0.25) is 0 Å². The van der Waals surface area contributed by atoms with Gasteiger partial charge in [0.05, 0.1) is 17.6 Å². The molecule has 0 aliphatic heterocycles. The van der Waals surface area contributed by atoms with Crippen LogP contribution in [0.4, 0.5) is 0 Å². The second-order valence-electron chi connectivity index (χ2n) is 6.98. The average Bonchev–Trinajstić information content (AvgIpc) is 3.27. The summed E-state index contributed by atoms with van der Waals surface area (Å²) < 4.78 is 1.62. The number of thiophene rings is 1. The van der Waals surface area contributed by atoms with Crippen molar-refractivity contribution in [1.82, 2.24) is 29.9 Å². The highest BCUT2D eigenvalue weighted by molar-refractivity contribution is 7.19. The summed E-state index contributed by atoms with van der Waals surface area (Å²) in [5.74, 6) is 0.499. The zero-order valence-corrected chi connectivity index (χ0v) is 15.7. The molecule has 27 heavy (non-hydrogen) atoms. The Bertz CT molecular complexity index is 1150. The quantitative estimate of drug-likeness (QED) is 0.592. The second-order valence-corrected chi connectivity index (χ2v) is 8.07. The molecule has 1 atom stereocenters. The summed E-state index contributed by atoms with van der Waals surface area (Å²) in [7, 11) is 0. The maximum absolute atomic E-state index is 12.5. The largest absolute Gasteiger partial charge is 0.344 e. The number of carbonyl (C=O) groups excluding carboxylic acids is 1. The molecule has 0 spiro atoms. The number of nitrogens with one attached hydrogen (secondary N) is 1. The summed E-state index contributed by atoms with van der Waals surface area (Å²) in [6.07, 6.45) is 6.68. The van der Waals surface area contributed by atoms with E-state index in [0.717, 1.165) is 34.4 Å². The predicted octanol–water partition coefficient (Wildman–Crippen LogP) is 2.79. The van der Waals surface area contributed by atoms with Crippen LogP contribution < -0.4 is 5.32 Å². The number of hydrogen-bond acceptors (Lipinski definition) is 6. The van der Waals surface area contributed by atoms with Crippen molar-refractivity contribution in [2.45, 2.75) is 32.7 Å². The number of rotatable bonds is 3. The Kier molecular flexibility index (Phi) is 3.86. The SMILES string of the molecule is CC1CCc2sc3ncn4nc(C(=O)NCc5ccccn5)nc4c3c2C1. The molecule has 8 heteroatoms. The maximum atomic E-state index is 12.5. The highest BCUT2D eigenvalue weighted by Crippen LogP contribution is 2.38. The molecule has 1 unspecified atom stereocenters. The lowest BCUT2D eigenvalue weighted by atomic mass is 9.89. The van der Waals surface area contributed by atoms with E-state index in [1.165, 1.54) is 16.9 Å². The van der Waals surface area contributed by atoms with Crippen LogP contribution in [-0.2, 0) is 19.4 Å². The molecular formula is C19H18N6OS. The van der Waals surface area contributed by atoms with Crippen molar-refractivity contribution in [3.63, 3.8) is 0 Å². The number of aryl methyl sites for hydroxylation is 1. The summed E-state index contributed by atoms with van der Waals surface area (Å²) in [5, 5.41) is 8.22. The van der Waals surface area contributed by atoms with Gasteiger partial charge in [-0.3, -0.25) is 9.78 Å². The van der Waals surface area contributed by atoms with E-state index in [9.17, 15) is 4.79 Å². The Morgan fingerprint density at radius 1 is 1.37 bits per heavy atom. The van der Waals surface area contributed by atoms with E-state index in [-0.39, 0.29) is 11.7 Å². The van der Waals surface area contributed by atoms with Crippen LogP contribution in [0.25, 0.3) is 15.9 Å². The third-order valence-electron chi connectivity index (χ3n) is 4.99. The topological polar surface area (TPSA) is 85.1 Å². The Labute approximate surface area is 159 Å². The summed E-state index contributed by atoms with van der Waals surface area (Å²) >= 11 is 1.74. The minimum absolute atomic E-state index is 0.157. The van der Waals surface area contributed by atoms with E-state index in [1.807, 2.05) is 18.2 Å². The van der Waals surface area contributed by atoms with E-state index in [2.05, 4.69) is 32.3 Å². The van der Waals surface area contributed by atoms with Crippen LogP contribution in [0.1, 0.15) is 40.1 Å². The van der Waals surface area contributed by atoms with E-state index in [0.29, 0.717) is 12.5 Å². The van der Waals surface area contributed by atoms with Crippen LogP contribution in [-0.4, -0.2) is 30.5 Å². The Balaban J connectivity index is 1.50. The highest BCUT2D eigenvalue weighted by atomic mass is 32.1. The van der Waals surface area contributed by atoms with Gasteiger partial charge >= 0.3 is 0 Å². The first-order valence-corrected chi connectivity index (χ1v) is 9.84. The monoisotopic (exact) mass is 378 g/mol. The number of pyridine rings is 1. The van der Waals surface area contributed by atoms with Gasteiger partial charge < -0.3 is 5.32 Å². The molecule has 0 saturated carbocycles. The maximum Gasteiger partial charge on any atom is 0.291 e. The lowest BCUT2D eigenvalue weighted by Gasteiger charge is -2.17. The number of nitrogens with zero attached hydrogens (tertiary/aromatic N) is 5. The summed E-state index contributed by atoms with van der Waals surface area (Å²) in [6, 6.07) is 5.60. The molecule has 1 amide bonds. The third-order valence-corrected chi connectivity index (χ3v) is 6.19. The fourth-order valence-electron chi connectivity index (χ4n) is 3.60. The van der Waals surface area contributed by atoms with E-state index >= 15 is 0 Å². The Morgan fingerprint density at radius 2 is 2.30 bits per heavy atom. The smallest absolute Gasteiger partial charge is 0.291 e. The van der Waals surface area contributed by atoms with Gasteiger partial charge in [0.15, 0.2) is 5.65 Å². The van der Waals surface area contributed by atoms with Crippen molar-refractivity contribution in [2.24, 2.45) is 5.92 Å². The van der Waals surface area contributed by atoms with Crippen LogP contribution >= 0.6 is 11.3 Å². The first-order chi connectivity index (χ1) is 13.2. The fraction of sp³-hybridized carbons (Fsp3) is 0.316. The van der Waals surface area contributed by atoms with Crippen molar-refractivity contribution in [2.75, 3.05) is 0 Å². The van der Waals surface area contributed by atoms with Gasteiger partial charge in [-0.2, -0.15) is 0 Å². The molecule has 4 aromatic rings. The number of aromatic nitrogens is 5. The first kappa shape index (κ1) is 16.3. The zero-order chi connectivity index (χ0) is 18.4. The third kappa shape index (κ3) is 2.86. The van der Waals surface area contributed by atoms with Gasteiger partial charge in [-0.1, -0.05) is 13.0 Å². The molecule has 7 nitrogen and oxygen atoms in total. The standard InChI is InChI=1S/C19H18N6OS/c1-11-5-6-14-13(8-11)15-17-23-16(24-25(17)10-22-19(15)27-14)18(26)21-9-12-4-2-3-7-20-12/h2-4,7,10-11H,5-6,8-9H2,1H3,(H,21,26). The van der Waals surface area contributed by atoms with Crippen molar-refractivity contribution < 1.29 is 4.79 Å². The average molecular weight is 378 g/mol. The Hall–Kier alpha value is -2.87. The predicted molar refractivity (Wildman–Crippen MR) is 103 cm³/mol. The van der Waals surface area contributed by atoms with Gasteiger partial charge in [-0.15, -0.1) is 16.4 Å². The van der Waals surface area contributed by atoms with Crippen LogP contribution in [0, 0.1) is 5.92 Å². The fourth-order valence-corrected chi connectivity index (χ4v) is 4.77. The van der Waals surface area contributed by atoms with Crippen molar-refractivity contribution >= 4 is 33.1 Å². The van der Waals surface area contributed by atoms with Crippen molar-refractivity contribution in [3.05, 3.63) is 52.7 Å². The van der Waals surface area contributed by atoms with Crippen molar-refractivity contribution in [1.29, 1.82) is 0 Å². The van der Waals surface area contributed by atoms with E-state index in [4.69, 9.17) is 0 Å². The summed E-state index contributed by atoms with van der Waals surface area (Å²) in [5.41, 5.74) is 2.84. The van der Waals surface area contributed by atoms with E-state index < -0.39 is 0 Å². The lowest BCUT2D eigenvalue weighted by Crippen LogP contribution is -2.24. The Morgan fingerprint density at radius 3 is 3.15 bits per heavy atom. The lowest BCUT2D eigenvalue weighted by molar-refractivity contribution is 0.0940. The summed E-state index contributed by atoms with van der Waals surface area (Å²) in [4.78, 5) is 28.2. The number of hydrogen-bond donors (Lipinski definition) is 1. The minimum Gasteiger partial charge on any atom is -0.344 e. The van der Waals surface area contributed by atoms with Gasteiger partial charge in [0.1, 0.15) is 11.2 Å². The van der Waals surface area contributed by atoms with Gasteiger partial charge in [0.25, 0.3) is 5.91 Å². The molecule has 1 N–H and O–H groups in total. The molecule has 1 aliphatic carbocycles. The normalized spacial score (nSPS) is 16.6. The van der Waals surface area contributed by atoms with Crippen LogP contribution in [0.15, 0.2) is 30.7 Å². The van der Waals surface area contributed by atoms with Crippen molar-refractivity contribution in [3.8, 4) is 0 Å². The molecule has 4 heterocycles. The molecule has 0 saturated heterocycles. The summed E-state index contributed by atoms with van der Waals surface area (Å²) in [6.45, 7) is 2.62. The molecule has 4 aromatic heterocycles. The van der Waals surface area contributed by atoms with E-state index in [1.54, 1.807) is 28.4 Å². The first-order valence-electron chi connectivity index (χ1n) is 9.03. The molecule has 0 fully saturated rings. The molecular weight excluding hydrogens is 360 g/mol. The van der Waals surface area contributed by atoms with Crippen LogP contribution in [0.5, 0.6) is 0 Å². The number of amides is 1. The second kappa shape index (κ2) is 6.38. The molecule has 0 radical (unpaired) electrons. The molecule has 0 bridgehead atoms. The number of carbonyl (C=O) groups is 1. The zero-order valence-electron chi connectivity index (χ0n) is 14.8. The van der Waals surface area contributed by atoms with Crippen LogP contribution in [0.3, 0.4) is 0 Å². The molecule has 136 valence electrons. The minimum atomic E-state index is -0.310. The molecule has 0 aromatic carbocycles. The van der Waals surface area contributed by atoms with Gasteiger partial charge in [-0.25, -0.2) is 14.5 Å². The molecule has 1 aliphatic rings.